The molecule has 1 aromatic carbocycles. The molecule has 3 N–H and O–H groups in total. The number of rotatable bonds is 8. The predicted octanol–water partition coefficient (Wildman–Crippen LogP) is 1.03. The van der Waals surface area contributed by atoms with E-state index in [4.69, 9.17) is 14.2 Å². The first-order chi connectivity index (χ1) is 15.5. The lowest BCUT2D eigenvalue weighted by Gasteiger charge is -2.19. The molecule has 0 bridgehead atoms. The molecule has 11 heteroatoms. The van der Waals surface area contributed by atoms with Gasteiger partial charge in [0.15, 0.2) is 0 Å². The Morgan fingerprint density at radius 1 is 1.19 bits per heavy atom. The maximum atomic E-state index is 12.3. The van der Waals surface area contributed by atoms with Gasteiger partial charge in [0, 0.05) is 25.2 Å². The SMILES string of the molecule is C=CCOC(=O)NC[C@H]1O[C@@H](n2ccc(=O)[nH]c2=O)C[C@@H]1NC(=O)OCc1ccccc1. The fourth-order valence-corrected chi connectivity index (χ4v) is 3.18. The number of benzene rings is 1. The molecule has 1 saturated heterocycles. The quantitative estimate of drug-likeness (QED) is 0.517. The Kier molecular flexibility index (Phi) is 7.81. The second kappa shape index (κ2) is 11.0. The van der Waals surface area contributed by atoms with Crippen LogP contribution in [0.1, 0.15) is 18.2 Å². The van der Waals surface area contributed by atoms with Crippen LogP contribution in [-0.4, -0.2) is 47.0 Å². The Hall–Kier alpha value is -3.86. The molecular weight excluding hydrogens is 420 g/mol. The van der Waals surface area contributed by atoms with E-state index in [2.05, 4.69) is 22.2 Å². The van der Waals surface area contributed by atoms with Crippen molar-refractivity contribution in [1.29, 1.82) is 0 Å². The van der Waals surface area contributed by atoms with Gasteiger partial charge in [-0.1, -0.05) is 43.0 Å². The van der Waals surface area contributed by atoms with Crippen LogP contribution in [0.2, 0.25) is 0 Å². The van der Waals surface area contributed by atoms with Crippen LogP contribution in [-0.2, 0) is 20.8 Å². The molecule has 0 unspecified atom stereocenters. The van der Waals surface area contributed by atoms with Crippen molar-refractivity contribution < 1.29 is 23.8 Å². The Balaban J connectivity index is 1.65. The fourth-order valence-electron chi connectivity index (χ4n) is 3.18. The van der Waals surface area contributed by atoms with Gasteiger partial charge in [-0.3, -0.25) is 14.3 Å². The summed E-state index contributed by atoms with van der Waals surface area (Å²) in [5.74, 6) is 0. The zero-order chi connectivity index (χ0) is 22.9. The number of carbonyl (C=O) groups excluding carboxylic acids is 2. The number of carbonyl (C=O) groups is 2. The van der Waals surface area contributed by atoms with E-state index >= 15 is 0 Å². The second-order valence-corrected chi connectivity index (χ2v) is 6.96. The summed E-state index contributed by atoms with van der Waals surface area (Å²) in [6.45, 7) is 3.60. The van der Waals surface area contributed by atoms with Gasteiger partial charge in [-0.25, -0.2) is 14.4 Å². The van der Waals surface area contributed by atoms with Crippen LogP contribution in [0, 0.1) is 0 Å². The van der Waals surface area contributed by atoms with Crippen molar-refractivity contribution in [2.24, 2.45) is 0 Å². The normalized spacial score (nSPS) is 19.7. The first kappa shape index (κ1) is 22.8. The lowest BCUT2D eigenvalue weighted by atomic mass is 10.1. The third kappa shape index (κ3) is 6.32. The van der Waals surface area contributed by atoms with Gasteiger partial charge in [-0.2, -0.15) is 0 Å². The van der Waals surface area contributed by atoms with Crippen molar-refractivity contribution in [2.45, 2.75) is 31.4 Å². The minimum atomic E-state index is -0.769. The molecule has 1 aliphatic heterocycles. The molecule has 0 saturated carbocycles. The van der Waals surface area contributed by atoms with Crippen molar-refractivity contribution >= 4 is 12.2 Å². The van der Waals surface area contributed by atoms with E-state index in [9.17, 15) is 19.2 Å². The van der Waals surface area contributed by atoms with E-state index in [1.165, 1.54) is 22.9 Å². The monoisotopic (exact) mass is 444 g/mol. The van der Waals surface area contributed by atoms with Crippen molar-refractivity contribution in [3.8, 4) is 0 Å². The van der Waals surface area contributed by atoms with E-state index in [1.807, 2.05) is 30.3 Å². The smallest absolute Gasteiger partial charge is 0.407 e. The molecule has 2 amide bonds. The molecule has 1 aliphatic rings. The summed E-state index contributed by atoms with van der Waals surface area (Å²) in [6, 6.07) is 9.79. The minimum Gasteiger partial charge on any atom is -0.445 e. The summed E-state index contributed by atoms with van der Waals surface area (Å²) in [5.41, 5.74) is -0.357. The molecule has 0 radical (unpaired) electrons. The van der Waals surface area contributed by atoms with Gasteiger partial charge in [-0.15, -0.1) is 0 Å². The number of hydrogen-bond donors (Lipinski definition) is 3. The zero-order valence-corrected chi connectivity index (χ0v) is 17.2. The summed E-state index contributed by atoms with van der Waals surface area (Å²) in [6.07, 6.45) is 0.150. The number of ether oxygens (including phenoxy) is 3. The van der Waals surface area contributed by atoms with Crippen LogP contribution >= 0.6 is 0 Å². The van der Waals surface area contributed by atoms with Crippen LogP contribution in [0.5, 0.6) is 0 Å². The molecule has 0 aliphatic carbocycles. The van der Waals surface area contributed by atoms with Gasteiger partial charge < -0.3 is 24.8 Å². The van der Waals surface area contributed by atoms with Crippen molar-refractivity contribution in [2.75, 3.05) is 13.2 Å². The number of alkyl carbamates (subject to hydrolysis) is 2. The van der Waals surface area contributed by atoms with Gasteiger partial charge in [0.25, 0.3) is 5.56 Å². The number of amides is 2. The van der Waals surface area contributed by atoms with Crippen LogP contribution in [0.3, 0.4) is 0 Å². The standard InChI is InChI=1S/C21H24N4O7/c1-2-10-30-20(28)22-12-16-15(23-21(29)31-13-14-6-4-3-5-7-14)11-18(32-16)25-9-8-17(26)24-19(25)27/h2-9,15-16,18H,1,10-13H2,(H,22,28)(H,23,29)(H,24,26,27)/t15-,16+,18+/m0/s1. The first-order valence-electron chi connectivity index (χ1n) is 9.92. The molecule has 32 heavy (non-hydrogen) atoms. The van der Waals surface area contributed by atoms with Crippen molar-refractivity contribution in [3.63, 3.8) is 0 Å². The number of nitrogens with one attached hydrogen (secondary N) is 3. The minimum absolute atomic E-state index is 0.00815. The van der Waals surface area contributed by atoms with E-state index in [-0.39, 0.29) is 26.2 Å². The van der Waals surface area contributed by atoms with Gasteiger partial charge in [0.1, 0.15) is 19.4 Å². The van der Waals surface area contributed by atoms with Gasteiger partial charge >= 0.3 is 17.9 Å². The van der Waals surface area contributed by atoms with Crippen LogP contribution in [0.25, 0.3) is 0 Å². The van der Waals surface area contributed by atoms with Crippen molar-refractivity contribution in [3.05, 3.63) is 81.7 Å². The van der Waals surface area contributed by atoms with Crippen LogP contribution < -0.4 is 21.9 Å². The second-order valence-electron chi connectivity index (χ2n) is 6.96. The third-order valence-electron chi connectivity index (χ3n) is 4.69. The van der Waals surface area contributed by atoms with Gasteiger partial charge in [0.05, 0.1) is 12.1 Å². The highest BCUT2D eigenvalue weighted by Gasteiger charge is 2.38. The first-order valence-corrected chi connectivity index (χ1v) is 9.92. The number of aromatic nitrogens is 2. The molecule has 2 heterocycles. The molecule has 3 rings (SSSR count). The third-order valence-corrected chi connectivity index (χ3v) is 4.69. The lowest BCUT2D eigenvalue weighted by molar-refractivity contribution is -0.00373. The summed E-state index contributed by atoms with van der Waals surface area (Å²) in [5, 5.41) is 5.26. The topological polar surface area (TPSA) is 141 Å². The number of nitrogens with zero attached hydrogens (tertiary/aromatic N) is 1. The summed E-state index contributed by atoms with van der Waals surface area (Å²) in [7, 11) is 0. The van der Waals surface area contributed by atoms with Crippen molar-refractivity contribution in [1.82, 2.24) is 20.2 Å². The van der Waals surface area contributed by atoms with Crippen LogP contribution in [0.15, 0.2) is 64.8 Å². The van der Waals surface area contributed by atoms with E-state index < -0.39 is 41.8 Å². The Labute approximate surface area is 183 Å². The summed E-state index contributed by atoms with van der Waals surface area (Å²) >= 11 is 0. The molecule has 2 aromatic rings. The molecular formula is C21H24N4O7. The van der Waals surface area contributed by atoms with E-state index in [0.29, 0.717) is 0 Å². The summed E-state index contributed by atoms with van der Waals surface area (Å²) in [4.78, 5) is 49.7. The highest BCUT2D eigenvalue weighted by molar-refractivity contribution is 5.68. The fraction of sp³-hybridized carbons (Fsp3) is 0.333. The molecule has 11 nitrogen and oxygen atoms in total. The number of H-pyrrole nitrogens is 1. The van der Waals surface area contributed by atoms with E-state index in [1.54, 1.807) is 0 Å². The maximum absolute atomic E-state index is 12.3. The van der Waals surface area contributed by atoms with E-state index in [0.717, 1.165) is 5.56 Å². The highest BCUT2D eigenvalue weighted by Crippen LogP contribution is 2.27. The number of aromatic amines is 1. The molecule has 1 fully saturated rings. The Morgan fingerprint density at radius 2 is 1.97 bits per heavy atom. The Morgan fingerprint density at radius 3 is 2.69 bits per heavy atom. The zero-order valence-electron chi connectivity index (χ0n) is 17.2. The highest BCUT2D eigenvalue weighted by atomic mass is 16.6. The maximum Gasteiger partial charge on any atom is 0.407 e. The molecule has 170 valence electrons. The molecule has 0 spiro atoms. The lowest BCUT2D eigenvalue weighted by Crippen LogP contribution is -2.46. The van der Waals surface area contributed by atoms with Gasteiger partial charge in [0.2, 0.25) is 0 Å². The predicted molar refractivity (Wildman–Crippen MR) is 113 cm³/mol. The largest absolute Gasteiger partial charge is 0.445 e. The Bertz CT molecular complexity index is 1050. The summed E-state index contributed by atoms with van der Waals surface area (Å²) < 4.78 is 17.2. The molecule has 1 aromatic heterocycles. The van der Waals surface area contributed by atoms with Gasteiger partial charge in [-0.05, 0) is 5.56 Å². The average Bonchev–Trinajstić information content (AvgIpc) is 3.17. The average molecular weight is 444 g/mol. The molecule has 3 atom stereocenters. The van der Waals surface area contributed by atoms with Crippen LogP contribution in [0.4, 0.5) is 9.59 Å². The number of hydrogen-bond acceptors (Lipinski definition) is 7.